The molecule has 3 aliphatic rings. The fourth-order valence-corrected chi connectivity index (χ4v) is 4.11. The maximum Gasteiger partial charge on any atom is 0.325 e. The topological polar surface area (TPSA) is 88.3 Å². The van der Waals surface area contributed by atoms with Gasteiger partial charge in [-0.2, -0.15) is 4.98 Å². The Morgan fingerprint density at radius 1 is 1.19 bits per heavy atom. The third-order valence-electron chi connectivity index (χ3n) is 5.75. The van der Waals surface area contributed by atoms with E-state index in [9.17, 15) is 9.59 Å². The molecule has 2 heterocycles. The molecule has 3 amide bonds. The number of benzene rings is 1. The average molecular weight is 352 g/mol. The molecule has 1 N–H and O–H groups in total. The number of nitrogens with one attached hydrogen (secondary N) is 1. The Labute approximate surface area is 150 Å². The van der Waals surface area contributed by atoms with Gasteiger partial charge < -0.3 is 9.84 Å². The number of amides is 3. The number of rotatable bonds is 5. The van der Waals surface area contributed by atoms with Gasteiger partial charge in [0, 0.05) is 5.56 Å². The quantitative estimate of drug-likeness (QED) is 0.836. The van der Waals surface area contributed by atoms with Gasteiger partial charge in [-0.15, -0.1) is 0 Å². The normalized spacial score (nSPS) is 22.0. The predicted octanol–water partition coefficient (Wildman–Crippen LogP) is 2.66. The predicted molar refractivity (Wildman–Crippen MR) is 91.7 cm³/mol. The van der Waals surface area contributed by atoms with Crippen LogP contribution in [0.3, 0.4) is 0 Å². The van der Waals surface area contributed by atoms with Crippen molar-refractivity contribution in [3.63, 3.8) is 0 Å². The highest BCUT2D eigenvalue weighted by atomic mass is 16.5. The first-order valence-electron chi connectivity index (χ1n) is 9.12. The van der Waals surface area contributed by atoms with Crippen LogP contribution in [0.4, 0.5) is 4.79 Å². The van der Waals surface area contributed by atoms with Crippen LogP contribution in [0, 0.1) is 18.8 Å². The number of imide groups is 1. The molecule has 7 nitrogen and oxygen atoms in total. The number of aromatic nitrogens is 2. The van der Waals surface area contributed by atoms with Gasteiger partial charge in [0.2, 0.25) is 11.7 Å². The molecular formula is C19H20N4O3. The van der Waals surface area contributed by atoms with Crippen molar-refractivity contribution in [2.45, 2.75) is 44.7 Å². The summed E-state index contributed by atoms with van der Waals surface area (Å²) in [4.78, 5) is 31.2. The zero-order valence-corrected chi connectivity index (χ0v) is 14.6. The SMILES string of the molecule is Cc1ccccc1-c1noc(CN2C(=O)NC(C3CC3)(C3CC3)C2=O)n1. The lowest BCUT2D eigenvalue weighted by molar-refractivity contribution is -0.133. The Morgan fingerprint density at radius 3 is 2.54 bits per heavy atom. The van der Waals surface area contributed by atoms with Crippen molar-refractivity contribution in [3.8, 4) is 11.4 Å². The van der Waals surface area contributed by atoms with Gasteiger partial charge in [-0.25, -0.2) is 4.79 Å². The van der Waals surface area contributed by atoms with E-state index in [0.29, 0.717) is 5.82 Å². The van der Waals surface area contributed by atoms with E-state index in [2.05, 4.69) is 15.5 Å². The van der Waals surface area contributed by atoms with E-state index >= 15 is 0 Å². The van der Waals surface area contributed by atoms with Crippen LogP contribution >= 0.6 is 0 Å². The van der Waals surface area contributed by atoms with Crippen molar-refractivity contribution >= 4 is 11.9 Å². The smallest absolute Gasteiger partial charge is 0.325 e. The Bertz CT molecular complexity index is 886. The van der Waals surface area contributed by atoms with Crippen LogP contribution in [0.15, 0.2) is 28.8 Å². The van der Waals surface area contributed by atoms with Crippen molar-refractivity contribution in [2.24, 2.45) is 11.8 Å². The number of carbonyl (C=O) groups excluding carboxylic acids is 2. The molecule has 1 aromatic heterocycles. The molecule has 2 saturated carbocycles. The molecule has 134 valence electrons. The standard InChI is InChI=1S/C19H20N4O3/c1-11-4-2-3-5-14(11)16-20-15(26-22-16)10-23-17(24)19(12-6-7-12,13-8-9-13)21-18(23)25/h2-5,12-13H,6-10H2,1H3,(H,21,25). The molecular weight excluding hydrogens is 332 g/mol. The molecule has 1 aromatic carbocycles. The zero-order chi connectivity index (χ0) is 17.9. The lowest BCUT2D eigenvalue weighted by atomic mass is 9.87. The third kappa shape index (κ3) is 2.26. The number of hydrogen-bond acceptors (Lipinski definition) is 5. The lowest BCUT2D eigenvalue weighted by Crippen LogP contribution is -2.51. The molecule has 26 heavy (non-hydrogen) atoms. The van der Waals surface area contributed by atoms with Crippen LogP contribution in [-0.4, -0.2) is 32.5 Å². The van der Waals surface area contributed by atoms with E-state index in [-0.39, 0.29) is 36.2 Å². The number of carbonyl (C=O) groups is 2. The van der Waals surface area contributed by atoms with Gasteiger partial charge in [-0.1, -0.05) is 29.4 Å². The molecule has 0 atom stereocenters. The van der Waals surface area contributed by atoms with E-state index in [1.807, 2.05) is 31.2 Å². The van der Waals surface area contributed by atoms with Gasteiger partial charge in [0.05, 0.1) is 0 Å². The second kappa shape index (κ2) is 5.40. The first-order valence-corrected chi connectivity index (χ1v) is 9.12. The highest BCUT2D eigenvalue weighted by molar-refractivity contribution is 6.07. The Hall–Kier alpha value is -2.70. The average Bonchev–Trinajstić information content (AvgIpc) is 3.55. The minimum Gasteiger partial charge on any atom is -0.337 e. The number of aryl methyl sites for hydroxylation is 1. The molecule has 2 aliphatic carbocycles. The first kappa shape index (κ1) is 15.5. The highest BCUT2D eigenvalue weighted by Gasteiger charge is 2.65. The Balaban J connectivity index is 1.39. The molecule has 2 aromatic rings. The maximum absolute atomic E-state index is 13.1. The van der Waals surface area contributed by atoms with Crippen LogP contribution in [0.1, 0.15) is 37.1 Å². The summed E-state index contributed by atoms with van der Waals surface area (Å²) in [5.41, 5.74) is 1.23. The van der Waals surface area contributed by atoms with E-state index in [1.165, 1.54) is 4.90 Å². The summed E-state index contributed by atoms with van der Waals surface area (Å²) in [6.45, 7) is 1.99. The molecule has 5 rings (SSSR count). The monoisotopic (exact) mass is 352 g/mol. The van der Waals surface area contributed by atoms with Gasteiger partial charge in [-0.3, -0.25) is 9.69 Å². The molecule has 0 bridgehead atoms. The fourth-order valence-electron chi connectivity index (χ4n) is 4.11. The summed E-state index contributed by atoms with van der Waals surface area (Å²) in [6, 6.07) is 7.41. The molecule has 1 aliphatic heterocycles. The fraction of sp³-hybridized carbons (Fsp3) is 0.474. The van der Waals surface area contributed by atoms with E-state index in [1.54, 1.807) is 0 Å². The van der Waals surface area contributed by atoms with Crippen LogP contribution in [0.2, 0.25) is 0 Å². The highest BCUT2D eigenvalue weighted by Crippen LogP contribution is 2.54. The zero-order valence-electron chi connectivity index (χ0n) is 14.6. The second-order valence-corrected chi connectivity index (χ2v) is 7.57. The van der Waals surface area contributed by atoms with Crippen molar-refractivity contribution in [2.75, 3.05) is 0 Å². The van der Waals surface area contributed by atoms with Crippen LogP contribution in [-0.2, 0) is 11.3 Å². The largest absolute Gasteiger partial charge is 0.337 e. The maximum atomic E-state index is 13.1. The Morgan fingerprint density at radius 2 is 1.88 bits per heavy atom. The second-order valence-electron chi connectivity index (χ2n) is 7.57. The van der Waals surface area contributed by atoms with E-state index in [0.717, 1.165) is 36.8 Å². The molecule has 7 heteroatoms. The molecule has 1 saturated heterocycles. The summed E-state index contributed by atoms with van der Waals surface area (Å²) in [7, 11) is 0. The van der Waals surface area contributed by atoms with Gasteiger partial charge >= 0.3 is 6.03 Å². The summed E-state index contributed by atoms with van der Waals surface area (Å²) < 4.78 is 5.32. The number of hydrogen-bond donors (Lipinski definition) is 1. The van der Waals surface area contributed by atoms with Crippen molar-refractivity contribution < 1.29 is 14.1 Å². The van der Waals surface area contributed by atoms with Crippen LogP contribution in [0.5, 0.6) is 0 Å². The summed E-state index contributed by atoms with van der Waals surface area (Å²) in [5.74, 6) is 1.18. The summed E-state index contributed by atoms with van der Waals surface area (Å²) in [5, 5.41) is 7.02. The first-order chi connectivity index (χ1) is 12.6. The van der Waals surface area contributed by atoms with Gasteiger partial charge in [-0.05, 0) is 50.0 Å². The summed E-state index contributed by atoms with van der Waals surface area (Å²) >= 11 is 0. The lowest BCUT2D eigenvalue weighted by Gasteiger charge is -2.26. The minimum atomic E-state index is -0.685. The minimum absolute atomic E-state index is 0.0186. The Kier molecular flexibility index (Phi) is 3.23. The van der Waals surface area contributed by atoms with Gasteiger partial charge in [0.15, 0.2) is 0 Å². The van der Waals surface area contributed by atoms with Crippen LogP contribution in [0.25, 0.3) is 11.4 Å². The third-order valence-corrected chi connectivity index (χ3v) is 5.75. The van der Waals surface area contributed by atoms with Crippen LogP contribution < -0.4 is 5.32 Å². The van der Waals surface area contributed by atoms with Crippen molar-refractivity contribution in [1.29, 1.82) is 0 Å². The molecule has 0 spiro atoms. The van der Waals surface area contributed by atoms with E-state index < -0.39 is 5.54 Å². The van der Waals surface area contributed by atoms with Crippen molar-refractivity contribution in [3.05, 3.63) is 35.7 Å². The molecule has 0 radical (unpaired) electrons. The van der Waals surface area contributed by atoms with Crippen molar-refractivity contribution in [1.82, 2.24) is 20.4 Å². The number of urea groups is 1. The van der Waals surface area contributed by atoms with Gasteiger partial charge in [0.1, 0.15) is 12.1 Å². The molecule has 3 fully saturated rings. The summed E-state index contributed by atoms with van der Waals surface area (Å²) in [6.07, 6.45) is 4.03. The van der Waals surface area contributed by atoms with Gasteiger partial charge in [0.25, 0.3) is 5.91 Å². The number of nitrogens with zero attached hydrogens (tertiary/aromatic N) is 3. The van der Waals surface area contributed by atoms with E-state index in [4.69, 9.17) is 4.52 Å². The molecule has 0 unspecified atom stereocenters.